The quantitative estimate of drug-likeness (QED) is 0.654. The number of nitrogens with one attached hydrogen (secondary N) is 1. The average Bonchev–Trinajstić information content (AvgIpc) is 2.33. The summed E-state index contributed by atoms with van der Waals surface area (Å²) < 4.78 is 5.00. The van der Waals surface area contributed by atoms with E-state index in [-0.39, 0.29) is 0 Å². The van der Waals surface area contributed by atoms with Gasteiger partial charge in [-0.15, -0.1) is 0 Å². The van der Waals surface area contributed by atoms with Crippen LogP contribution in [-0.4, -0.2) is 32.4 Å². The van der Waals surface area contributed by atoms with Crippen molar-refractivity contribution in [3.8, 4) is 0 Å². The molecule has 0 fully saturated rings. The Labute approximate surface area is 115 Å². The molecule has 0 aliphatic rings. The minimum Gasteiger partial charge on any atom is -0.385 e. The summed E-state index contributed by atoms with van der Waals surface area (Å²) in [5, 5.41) is 3.98. The number of nitrogens with zero attached hydrogens (tertiary/aromatic N) is 1. The SMILES string of the molecule is COCCCNC(=S)N(C)c1ccc(C)cc1C. The highest BCUT2D eigenvalue weighted by molar-refractivity contribution is 7.80. The summed E-state index contributed by atoms with van der Waals surface area (Å²) in [4.78, 5) is 2.01. The molecule has 100 valence electrons. The molecule has 0 saturated heterocycles. The van der Waals surface area contributed by atoms with Gasteiger partial charge in [-0.3, -0.25) is 0 Å². The van der Waals surface area contributed by atoms with Gasteiger partial charge in [-0.25, -0.2) is 0 Å². The first kappa shape index (κ1) is 14.9. The van der Waals surface area contributed by atoms with Crippen molar-refractivity contribution in [1.29, 1.82) is 0 Å². The minimum absolute atomic E-state index is 0.748. The summed E-state index contributed by atoms with van der Waals surface area (Å²) in [7, 11) is 3.70. The van der Waals surface area contributed by atoms with E-state index >= 15 is 0 Å². The lowest BCUT2D eigenvalue weighted by molar-refractivity contribution is 0.195. The molecule has 1 rings (SSSR count). The van der Waals surface area contributed by atoms with Crippen LogP contribution in [0.1, 0.15) is 17.5 Å². The summed E-state index contributed by atoms with van der Waals surface area (Å²) in [6.07, 6.45) is 0.956. The van der Waals surface area contributed by atoms with E-state index in [9.17, 15) is 0 Å². The Bertz CT molecular complexity index is 407. The fourth-order valence-electron chi connectivity index (χ4n) is 1.82. The largest absolute Gasteiger partial charge is 0.385 e. The summed E-state index contributed by atoms with van der Waals surface area (Å²) >= 11 is 5.37. The van der Waals surface area contributed by atoms with Crippen LogP contribution in [0.15, 0.2) is 18.2 Å². The normalized spacial score (nSPS) is 10.2. The predicted molar refractivity (Wildman–Crippen MR) is 81.4 cm³/mol. The molecule has 0 aliphatic carbocycles. The van der Waals surface area contributed by atoms with Gasteiger partial charge < -0.3 is 15.0 Å². The van der Waals surface area contributed by atoms with E-state index < -0.39 is 0 Å². The summed E-state index contributed by atoms with van der Waals surface area (Å²) in [6.45, 7) is 5.79. The van der Waals surface area contributed by atoms with Crippen molar-refractivity contribution in [2.24, 2.45) is 0 Å². The topological polar surface area (TPSA) is 24.5 Å². The van der Waals surface area contributed by atoms with Crippen molar-refractivity contribution in [2.45, 2.75) is 20.3 Å². The van der Waals surface area contributed by atoms with E-state index in [0.29, 0.717) is 0 Å². The second-order valence-electron chi connectivity index (χ2n) is 4.43. The lowest BCUT2D eigenvalue weighted by Crippen LogP contribution is -2.38. The summed E-state index contributed by atoms with van der Waals surface area (Å²) in [5.41, 5.74) is 3.65. The van der Waals surface area contributed by atoms with Crippen LogP contribution in [0.5, 0.6) is 0 Å². The molecule has 1 aromatic rings. The molecule has 0 spiro atoms. The molecule has 1 aromatic carbocycles. The summed E-state index contributed by atoms with van der Waals surface area (Å²) in [6, 6.07) is 6.37. The lowest BCUT2D eigenvalue weighted by atomic mass is 10.1. The Kier molecular flexibility index (Phi) is 6.09. The number of hydrogen-bond donors (Lipinski definition) is 1. The number of aryl methyl sites for hydroxylation is 2. The van der Waals surface area contributed by atoms with E-state index in [1.807, 2.05) is 11.9 Å². The molecule has 3 nitrogen and oxygen atoms in total. The zero-order valence-electron chi connectivity index (χ0n) is 11.6. The molecule has 0 atom stereocenters. The maximum atomic E-state index is 5.37. The Morgan fingerprint density at radius 3 is 2.72 bits per heavy atom. The second kappa shape index (κ2) is 7.34. The number of thiocarbonyl (C=S) groups is 1. The lowest BCUT2D eigenvalue weighted by Gasteiger charge is -2.23. The third-order valence-corrected chi connectivity index (χ3v) is 3.24. The molecule has 0 amide bonds. The van der Waals surface area contributed by atoms with Crippen molar-refractivity contribution < 1.29 is 4.74 Å². The Morgan fingerprint density at radius 2 is 2.11 bits per heavy atom. The minimum atomic E-state index is 0.748. The van der Waals surface area contributed by atoms with Gasteiger partial charge in [-0.1, -0.05) is 17.7 Å². The Hall–Kier alpha value is -1.13. The fraction of sp³-hybridized carbons (Fsp3) is 0.500. The van der Waals surface area contributed by atoms with Crippen LogP contribution in [0.25, 0.3) is 0 Å². The number of anilines is 1. The number of benzene rings is 1. The van der Waals surface area contributed by atoms with Crippen LogP contribution in [-0.2, 0) is 4.74 Å². The molecule has 1 N–H and O–H groups in total. The van der Waals surface area contributed by atoms with E-state index in [1.54, 1.807) is 7.11 Å². The molecule has 4 heteroatoms. The van der Waals surface area contributed by atoms with E-state index in [0.717, 1.165) is 30.4 Å². The highest BCUT2D eigenvalue weighted by atomic mass is 32.1. The van der Waals surface area contributed by atoms with Gasteiger partial charge >= 0.3 is 0 Å². The highest BCUT2D eigenvalue weighted by Gasteiger charge is 2.08. The molecule has 18 heavy (non-hydrogen) atoms. The molecule has 0 aliphatic heterocycles. The number of methoxy groups -OCH3 is 1. The van der Waals surface area contributed by atoms with Gasteiger partial charge in [0.1, 0.15) is 0 Å². The Balaban J connectivity index is 2.57. The second-order valence-corrected chi connectivity index (χ2v) is 4.81. The van der Waals surface area contributed by atoms with E-state index in [4.69, 9.17) is 17.0 Å². The number of hydrogen-bond acceptors (Lipinski definition) is 2. The maximum absolute atomic E-state index is 5.37. The number of ether oxygens (including phenoxy) is 1. The molecule has 0 saturated carbocycles. The van der Waals surface area contributed by atoms with Gasteiger partial charge in [0, 0.05) is 33.0 Å². The fourth-order valence-corrected chi connectivity index (χ4v) is 2.02. The highest BCUT2D eigenvalue weighted by Crippen LogP contribution is 2.19. The van der Waals surface area contributed by atoms with Crippen LogP contribution in [0, 0.1) is 13.8 Å². The van der Waals surface area contributed by atoms with Gasteiger partial charge in [0.25, 0.3) is 0 Å². The molecule has 0 bridgehead atoms. The zero-order chi connectivity index (χ0) is 13.5. The smallest absolute Gasteiger partial charge is 0.173 e. The predicted octanol–water partition coefficient (Wildman–Crippen LogP) is 2.65. The molecule has 0 radical (unpaired) electrons. The van der Waals surface area contributed by atoms with Crippen LogP contribution in [0.3, 0.4) is 0 Å². The number of rotatable bonds is 5. The monoisotopic (exact) mass is 266 g/mol. The first-order valence-corrected chi connectivity index (χ1v) is 6.55. The van der Waals surface area contributed by atoms with Gasteiger partial charge in [-0.05, 0) is 44.1 Å². The molecular formula is C14H22N2OS. The van der Waals surface area contributed by atoms with Crippen molar-refractivity contribution in [3.63, 3.8) is 0 Å². The van der Waals surface area contributed by atoms with Gasteiger partial charge in [0.05, 0.1) is 0 Å². The summed E-state index contributed by atoms with van der Waals surface area (Å²) in [5.74, 6) is 0. The maximum Gasteiger partial charge on any atom is 0.173 e. The van der Waals surface area contributed by atoms with Crippen molar-refractivity contribution in [2.75, 3.05) is 32.2 Å². The first-order chi connectivity index (χ1) is 8.56. The zero-order valence-corrected chi connectivity index (χ0v) is 12.4. The average molecular weight is 266 g/mol. The van der Waals surface area contributed by atoms with Gasteiger partial charge in [0.15, 0.2) is 5.11 Å². The molecule has 0 unspecified atom stereocenters. The van der Waals surface area contributed by atoms with Crippen LogP contribution < -0.4 is 10.2 Å². The van der Waals surface area contributed by atoms with Crippen molar-refractivity contribution in [1.82, 2.24) is 5.32 Å². The van der Waals surface area contributed by atoms with Gasteiger partial charge in [0.2, 0.25) is 0 Å². The Morgan fingerprint density at radius 1 is 1.39 bits per heavy atom. The van der Waals surface area contributed by atoms with Gasteiger partial charge in [-0.2, -0.15) is 0 Å². The first-order valence-electron chi connectivity index (χ1n) is 6.14. The van der Waals surface area contributed by atoms with Crippen LogP contribution >= 0.6 is 12.2 Å². The third-order valence-electron chi connectivity index (χ3n) is 2.82. The molecule has 0 heterocycles. The van der Waals surface area contributed by atoms with Crippen molar-refractivity contribution in [3.05, 3.63) is 29.3 Å². The van der Waals surface area contributed by atoms with Crippen LogP contribution in [0.4, 0.5) is 5.69 Å². The molecule has 0 aromatic heterocycles. The third kappa shape index (κ3) is 4.27. The van der Waals surface area contributed by atoms with Crippen LogP contribution in [0.2, 0.25) is 0 Å². The molecular weight excluding hydrogens is 244 g/mol. The standard InChI is InChI=1S/C14H22N2OS/c1-11-6-7-13(12(2)10-11)16(3)14(18)15-8-5-9-17-4/h6-7,10H,5,8-9H2,1-4H3,(H,15,18). The van der Waals surface area contributed by atoms with E-state index in [2.05, 4.69) is 37.4 Å². The van der Waals surface area contributed by atoms with Crippen molar-refractivity contribution >= 4 is 23.0 Å². The van der Waals surface area contributed by atoms with E-state index in [1.165, 1.54) is 11.1 Å².